The molecule has 94 valence electrons. The first kappa shape index (κ1) is 12.4. The lowest BCUT2D eigenvalue weighted by Gasteiger charge is -2.27. The highest BCUT2D eigenvalue weighted by molar-refractivity contribution is 4.81. The Labute approximate surface area is 100 Å². The average Bonchev–Trinajstić information content (AvgIpc) is 2.67. The number of nitrogens with one attached hydrogen (secondary N) is 1. The van der Waals surface area contributed by atoms with Crippen molar-refractivity contribution in [2.75, 3.05) is 0 Å². The van der Waals surface area contributed by atoms with Gasteiger partial charge in [-0.05, 0) is 31.1 Å². The summed E-state index contributed by atoms with van der Waals surface area (Å²) in [7, 11) is 0. The van der Waals surface area contributed by atoms with Gasteiger partial charge in [-0.3, -0.25) is 11.3 Å². The van der Waals surface area contributed by atoms with E-state index >= 15 is 0 Å². The summed E-state index contributed by atoms with van der Waals surface area (Å²) in [5.74, 6) is 7.60. The second-order valence-electron chi connectivity index (χ2n) is 5.91. The van der Waals surface area contributed by atoms with Crippen molar-refractivity contribution in [3.8, 4) is 0 Å². The van der Waals surface area contributed by atoms with Crippen molar-refractivity contribution in [1.29, 1.82) is 0 Å². The van der Waals surface area contributed by atoms with Gasteiger partial charge in [0.25, 0.3) is 0 Å². The van der Waals surface area contributed by atoms with Crippen molar-refractivity contribution >= 4 is 0 Å². The predicted molar refractivity (Wildman–Crippen MR) is 68.9 cm³/mol. The molecule has 0 aromatic rings. The van der Waals surface area contributed by atoms with Gasteiger partial charge in [0.1, 0.15) is 0 Å². The van der Waals surface area contributed by atoms with Gasteiger partial charge in [-0.15, -0.1) is 0 Å². The molecule has 0 bridgehead atoms. The van der Waals surface area contributed by atoms with Gasteiger partial charge in [0, 0.05) is 6.04 Å². The van der Waals surface area contributed by atoms with Crippen LogP contribution in [0, 0.1) is 11.8 Å². The van der Waals surface area contributed by atoms with Crippen LogP contribution >= 0.6 is 0 Å². The summed E-state index contributed by atoms with van der Waals surface area (Å²) in [6.07, 6.45) is 15.7. The van der Waals surface area contributed by atoms with Crippen LogP contribution in [0.25, 0.3) is 0 Å². The highest BCUT2D eigenvalue weighted by Crippen LogP contribution is 2.33. The van der Waals surface area contributed by atoms with Gasteiger partial charge in [-0.1, -0.05) is 51.4 Å². The van der Waals surface area contributed by atoms with E-state index in [1.54, 1.807) is 0 Å². The van der Waals surface area contributed by atoms with Gasteiger partial charge < -0.3 is 0 Å². The maximum atomic E-state index is 5.78. The van der Waals surface area contributed by atoms with Crippen molar-refractivity contribution in [2.45, 2.75) is 76.7 Å². The Morgan fingerprint density at radius 2 is 1.44 bits per heavy atom. The third kappa shape index (κ3) is 3.46. The largest absolute Gasteiger partial charge is 0.271 e. The Morgan fingerprint density at radius 3 is 2.00 bits per heavy atom. The summed E-state index contributed by atoms with van der Waals surface area (Å²) in [5.41, 5.74) is 3.13. The maximum absolute atomic E-state index is 5.78. The predicted octanol–water partition coefficient (Wildman–Crippen LogP) is 3.37. The topological polar surface area (TPSA) is 38.0 Å². The van der Waals surface area contributed by atoms with E-state index < -0.39 is 0 Å². The smallest absolute Gasteiger partial charge is 0.0241 e. The molecule has 2 nitrogen and oxygen atoms in total. The van der Waals surface area contributed by atoms with Crippen LogP contribution in [-0.2, 0) is 0 Å². The highest BCUT2D eigenvalue weighted by Gasteiger charge is 2.26. The van der Waals surface area contributed by atoms with Gasteiger partial charge in [-0.2, -0.15) is 0 Å². The lowest BCUT2D eigenvalue weighted by molar-refractivity contribution is 0.271. The van der Waals surface area contributed by atoms with Crippen LogP contribution in [-0.4, -0.2) is 6.04 Å². The van der Waals surface area contributed by atoms with Crippen LogP contribution in [0.2, 0.25) is 0 Å². The molecule has 2 rings (SSSR count). The van der Waals surface area contributed by atoms with Gasteiger partial charge in [0.15, 0.2) is 0 Å². The SMILES string of the molecule is NNC(CC1CCCC1)C1CCCCCC1. The summed E-state index contributed by atoms with van der Waals surface area (Å²) in [5, 5.41) is 0. The third-order valence-electron chi connectivity index (χ3n) is 4.74. The number of rotatable bonds is 4. The van der Waals surface area contributed by atoms with E-state index in [-0.39, 0.29) is 0 Å². The number of hydrogen-bond acceptors (Lipinski definition) is 2. The van der Waals surface area contributed by atoms with Crippen LogP contribution in [0.15, 0.2) is 0 Å². The minimum absolute atomic E-state index is 0.598. The van der Waals surface area contributed by atoms with Crippen LogP contribution in [0.4, 0.5) is 0 Å². The van der Waals surface area contributed by atoms with Gasteiger partial charge in [0.2, 0.25) is 0 Å². The van der Waals surface area contributed by atoms with Crippen molar-refractivity contribution in [3.05, 3.63) is 0 Å². The summed E-state index contributed by atoms with van der Waals surface area (Å²) in [6.45, 7) is 0. The summed E-state index contributed by atoms with van der Waals surface area (Å²) in [4.78, 5) is 0. The third-order valence-corrected chi connectivity index (χ3v) is 4.74. The van der Waals surface area contributed by atoms with Crippen LogP contribution in [0.1, 0.15) is 70.6 Å². The first-order chi connectivity index (χ1) is 7.90. The Balaban J connectivity index is 1.81. The van der Waals surface area contributed by atoms with E-state index in [0.717, 1.165) is 11.8 Å². The molecule has 0 spiro atoms. The van der Waals surface area contributed by atoms with Crippen molar-refractivity contribution in [1.82, 2.24) is 5.43 Å². The van der Waals surface area contributed by atoms with E-state index in [1.807, 2.05) is 0 Å². The first-order valence-corrected chi connectivity index (χ1v) is 7.36. The zero-order valence-corrected chi connectivity index (χ0v) is 10.6. The van der Waals surface area contributed by atoms with E-state index in [4.69, 9.17) is 5.84 Å². The van der Waals surface area contributed by atoms with Crippen LogP contribution in [0.3, 0.4) is 0 Å². The summed E-state index contributed by atoms with van der Waals surface area (Å²) in [6, 6.07) is 0.598. The molecule has 0 aliphatic heterocycles. The van der Waals surface area contributed by atoms with E-state index in [1.165, 1.54) is 70.6 Å². The molecule has 0 radical (unpaired) electrons. The Hall–Kier alpha value is -0.0800. The molecule has 2 saturated carbocycles. The molecule has 3 N–H and O–H groups in total. The molecule has 1 atom stereocenters. The molecule has 2 aliphatic rings. The molecule has 0 aromatic carbocycles. The standard InChI is InChI=1S/C14H28N2/c15-16-14(11-12-7-5-6-8-12)13-9-3-1-2-4-10-13/h12-14,16H,1-11,15H2. The van der Waals surface area contributed by atoms with Gasteiger partial charge in [0.05, 0.1) is 0 Å². The second-order valence-corrected chi connectivity index (χ2v) is 5.91. The number of nitrogens with two attached hydrogens (primary N) is 1. The fraction of sp³-hybridized carbons (Fsp3) is 1.00. The van der Waals surface area contributed by atoms with Crippen molar-refractivity contribution in [3.63, 3.8) is 0 Å². The molecule has 0 aromatic heterocycles. The minimum Gasteiger partial charge on any atom is -0.271 e. The summed E-state index contributed by atoms with van der Waals surface area (Å²) < 4.78 is 0. The monoisotopic (exact) mass is 224 g/mol. The molecular formula is C14H28N2. The second kappa shape index (κ2) is 6.61. The fourth-order valence-corrected chi connectivity index (χ4v) is 3.72. The Morgan fingerprint density at radius 1 is 0.875 bits per heavy atom. The molecule has 16 heavy (non-hydrogen) atoms. The minimum atomic E-state index is 0.598. The summed E-state index contributed by atoms with van der Waals surface area (Å²) >= 11 is 0. The molecule has 0 amide bonds. The lowest BCUT2D eigenvalue weighted by Crippen LogP contribution is -2.42. The zero-order valence-electron chi connectivity index (χ0n) is 10.6. The normalized spacial score (nSPS) is 26.8. The highest BCUT2D eigenvalue weighted by atomic mass is 15.2. The molecule has 0 saturated heterocycles. The van der Waals surface area contributed by atoms with E-state index in [0.29, 0.717) is 6.04 Å². The molecule has 2 heteroatoms. The quantitative estimate of drug-likeness (QED) is 0.436. The first-order valence-electron chi connectivity index (χ1n) is 7.36. The molecular weight excluding hydrogens is 196 g/mol. The molecule has 2 fully saturated rings. The lowest BCUT2D eigenvalue weighted by atomic mass is 9.85. The maximum Gasteiger partial charge on any atom is 0.0241 e. The van der Waals surface area contributed by atoms with Crippen LogP contribution < -0.4 is 11.3 Å². The Bertz CT molecular complexity index is 179. The van der Waals surface area contributed by atoms with Crippen molar-refractivity contribution in [2.24, 2.45) is 17.7 Å². The number of hydrogen-bond donors (Lipinski definition) is 2. The molecule has 0 heterocycles. The Kier molecular flexibility index (Phi) is 5.11. The van der Waals surface area contributed by atoms with Gasteiger partial charge >= 0.3 is 0 Å². The van der Waals surface area contributed by atoms with Gasteiger partial charge in [-0.25, -0.2) is 0 Å². The van der Waals surface area contributed by atoms with Crippen LogP contribution in [0.5, 0.6) is 0 Å². The molecule has 2 aliphatic carbocycles. The fourth-order valence-electron chi connectivity index (χ4n) is 3.72. The molecule has 1 unspecified atom stereocenters. The average molecular weight is 224 g/mol. The van der Waals surface area contributed by atoms with Crippen molar-refractivity contribution < 1.29 is 0 Å². The number of hydrazine groups is 1. The van der Waals surface area contributed by atoms with E-state index in [9.17, 15) is 0 Å². The van der Waals surface area contributed by atoms with E-state index in [2.05, 4.69) is 5.43 Å². The zero-order chi connectivity index (χ0) is 11.2.